The molecule has 0 saturated carbocycles. The first-order valence-electron chi connectivity index (χ1n) is 6.52. The highest BCUT2D eigenvalue weighted by molar-refractivity contribution is 5.28. The number of hydrogen-bond donors (Lipinski definition) is 1. The summed E-state index contributed by atoms with van der Waals surface area (Å²) in [6.45, 7) is 1.33. The molecule has 0 amide bonds. The molecule has 112 valence electrons. The second-order valence-electron chi connectivity index (χ2n) is 4.85. The van der Waals surface area contributed by atoms with Crippen LogP contribution in [-0.4, -0.2) is 31.0 Å². The lowest BCUT2D eigenvalue weighted by Gasteiger charge is -2.26. The number of rotatable bonds is 4. The Bertz CT molecular complexity index is 411. The van der Waals surface area contributed by atoms with E-state index in [1.807, 2.05) is 0 Å². The summed E-state index contributed by atoms with van der Waals surface area (Å²) in [6.07, 6.45) is -3.42. The molecule has 3 nitrogen and oxygen atoms in total. The highest BCUT2D eigenvalue weighted by Crippen LogP contribution is 2.30. The van der Waals surface area contributed by atoms with Gasteiger partial charge in [0.15, 0.2) is 0 Å². The average molecular weight is 290 g/mol. The van der Waals surface area contributed by atoms with Crippen molar-refractivity contribution in [2.45, 2.75) is 25.1 Å². The molecule has 0 radical (unpaired) electrons. The molecule has 0 aliphatic carbocycles. The molecule has 1 aromatic rings. The first kappa shape index (κ1) is 15.1. The SMILES string of the molecule is OC(COc1ccc(C(F)(F)F)cc1)C1CCOCC1. The molecule has 1 unspecified atom stereocenters. The van der Waals surface area contributed by atoms with E-state index in [2.05, 4.69) is 0 Å². The van der Waals surface area contributed by atoms with Crippen LogP contribution in [0.3, 0.4) is 0 Å². The second-order valence-corrected chi connectivity index (χ2v) is 4.85. The number of aliphatic hydroxyl groups is 1. The Morgan fingerprint density at radius 3 is 2.35 bits per heavy atom. The van der Waals surface area contributed by atoms with Crippen molar-refractivity contribution < 1.29 is 27.8 Å². The summed E-state index contributed by atoms with van der Waals surface area (Å²) in [7, 11) is 0. The topological polar surface area (TPSA) is 38.7 Å². The van der Waals surface area contributed by atoms with Gasteiger partial charge in [0.25, 0.3) is 0 Å². The third-order valence-corrected chi connectivity index (χ3v) is 3.41. The van der Waals surface area contributed by atoms with Gasteiger partial charge in [0, 0.05) is 13.2 Å². The maximum absolute atomic E-state index is 12.4. The van der Waals surface area contributed by atoms with Crippen LogP contribution >= 0.6 is 0 Å². The van der Waals surface area contributed by atoms with E-state index in [0.29, 0.717) is 19.0 Å². The molecule has 20 heavy (non-hydrogen) atoms. The molecular weight excluding hydrogens is 273 g/mol. The molecule has 1 aliphatic heterocycles. The quantitative estimate of drug-likeness (QED) is 0.926. The molecule has 6 heteroatoms. The molecule has 0 bridgehead atoms. The third-order valence-electron chi connectivity index (χ3n) is 3.41. The van der Waals surface area contributed by atoms with Crippen molar-refractivity contribution in [2.75, 3.05) is 19.8 Å². The summed E-state index contributed by atoms with van der Waals surface area (Å²) in [5.74, 6) is 0.447. The fraction of sp³-hybridized carbons (Fsp3) is 0.571. The van der Waals surface area contributed by atoms with Gasteiger partial charge in [-0.1, -0.05) is 0 Å². The number of benzene rings is 1. The van der Waals surface area contributed by atoms with E-state index in [1.165, 1.54) is 12.1 Å². The normalized spacial score (nSPS) is 18.8. The Hall–Kier alpha value is -1.27. The van der Waals surface area contributed by atoms with Crippen molar-refractivity contribution in [1.82, 2.24) is 0 Å². The van der Waals surface area contributed by atoms with E-state index < -0.39 is 17.8 Å². The molecule has 1 atom stereocenters. The van der Waals surface area contributed by atoms with E-state index in [0.717, 1.165) is 25.0 Å². The van der Waals surface area contributed by atoms with Crippen LogP contribution in [0.15, 0.2) is 24.3 Å². The zero-order valence-electron chi connectivity index (χ0n) is 10.9. The Kier molecular flexibility index (Phi) is 4.88. The number of halogens is 3. The van der Waals surface area contributed by atoms with Crippen LogP contribution in [0.25, 0.3) is 0 Å². The largest absolute Gasteiger partial charge is 0.491 e. The van der Waals surface area contributed by atoms with Crippen LogP contribution < -0.4 is 4.74 Å². The first-order valence-corrected chi connectivity index (χ1v) is 6.52. The van der Waals surface area contributed by atoms with Gasteiger partial charge in [0.05, 0.1) is 11.7 Å². The standard InChI is InChI=1S/C14H17F3O3/c15-14(16,17)11-1-3-12(4-2-11)20-9-13(18)10-5-7-19-8-6-10/h1-4,10,13,18H,5-9H2. The van der Waals surface area contributed by atoms with Crippen LogP contribution in [-0.2, 0) is 10.9 Å². The van der Waals surface area contributed by atoms with E-state index in [-0.39, 0.29) is 12.5 Å². The number of ether oxygens (including phenoxy) is 2. The minimum atomic E-state index is -4.35. The fourth-order valence-corrected chi connectivity index (χ4v) is 2.16. The van der Waals surface area contributed by atoms with Gasteiger partial charge in [0.1, 0.15) is 12.4 Å². The maximum Gasteiger partial charge on any atom is 0.416 e. The molecule has 1 aromatic carbocycles. The van der Waals surface area contributed by atoms with Gasteiger partial charge in [-0.05, 0) is 43.0 Å². The summed E-state index contributed by atoms with van der Waals surface area (Å²) in [5, 5.41) is 9.96. The van der Waals surface area contributed by atoms with Crippen molar-refractivity contribution in [2.24, 2.45) is 5.92 Å². The van der Waals surface area contributed by atoms with E-state index in [9.17, 15) is 18.3 Å². The number of alkyl halides is 3. The molecule has 1 saturated heterocycles. The van der Waals surface area contributed by atoms with Crippen LogP contribution in [0.4, 0.5) is 13.2 Å². The predicted octanol–water partition coefficient (Wildman–Crippen LogP) is 2.87. The van der Waals surface area contributed by atoms with Crippen LogP contribution in [0, 0.1) is 5.92 Å². The second kappa shape index (κ2) is 6.45. The smallest absolute Gasteiger partial charge is 0.416 e. The number of hydrogen-bond acceptors (Lipinski definition) is 3. The molecule has 2 rings (SSSR count). The summed E-state index contributed by atoms with van der Waals surface area (Å²) in [5.41, 5.74) is -0.713. The van der Waals surface area contributed by atoms with Gasteiger partial charge in [-0.3, -0.25) is 0 Å². The lowest BCUT2D eigenvalue weighted by molar-refractivity contribution is -0.137. The summed E-state index contributed by atoms with van der Waals surface area (Å²) in [6, 6.07) is 4.46. The Labute approximate surface area is 115 Å². The molecule has 1 heterocycles. The van der Waals surface area contributed by atoms with Crippen LogP contribution in [0.5, 0.6) is 5.75 Å². The first-order chi connectivity index (χ1) is 9.47. The zero-order chi connectivity index (χ0) is 14.6. The Morgan fingerprint density at radius 2 is 1.80 bits per heavy atom. The molecule has 1 N–H and O–H groups in total. The van der Waals surface area contributed by atoms with Crippen LogP contribution in [0.2, 0.25) is 0 Å². The highest BCUT2D eigenvalue weighted by atomic mass is 19.4. The maximum atomic E-state index is 12.4. The third kappa shape index (κ3) is 4.11. The predicted molar refractivity (Wildman–Crippen MR) is 66.5 cm³/mol. The summed E-state index contributed by atoms with van der Waals surface area (Å²) in [4.78, 5) is 0. The molecule has 0 spiro atoms. The zero-order valence-corrected chi connectivity index (χ0v) is 10.9. The van der Waals surface area contributed by atoms with Crippen molar-refractivity contribution in [3.63, 3.8) is 0 Å². The average Bonchev–Trinajstić information content (AvgIpc) is 2.45. The lowest BCUT2D eigenvalue weighted by atomic mass is 9.94. The fourth-order valence-electron chi connectivity index (χ4n) is 2.16. The van der Waals surface area contributed by atoms with Crippen LogP contribution in [0.1, 0.15) is 18.4 Å². The Balaban J connectivity index is 1.84. The van der Waals surface area contributed by atoms with Gasteiger partial charge >= 0.3 is 6.18 Å². The highest BCUT2D eigenvalue weighted by Gasteiger charge is 2.30. The monoisotopic (exact) mass is 290 g/mol. The van der Waals surface area contributed by atoms with Crippen molar-refractivity contribution in [3.8, 4) is 5.75 Å². The van der Waals surface area contributed by atoms with E-state index in [1.54, 1.807) is 0 Å². The number of aliphatic hydroxyl groups excluding tert-OH is 1. The molecule has 1 fully saturated rings. The van der Waals surface area contributed by atoms with Gasteiger partial charge in [0.2, 0.25) is 0 Å². The van der Waals surface area contributed by atoms with Crippen molar-refractivity contribution in [1.29, 1.82) is 0 Å². The molecule has 1 aliphatic rings. The molecule has 0 aromatic heterocycles. The van der Waals surface area contributed by atoms with Gasteiger partial charge < -0.3 is 14.6 Å². The Morgan fingerprint density at radius 1 is 1.20 bits per heavy atom. The van der Waals surface area contributed by atoms with E-state index >= 15 is 0 Å². The molecular formula is C14H17F3O3. The van der Waals surface area contributed by atoms with Crippen molar-refractivity contribution in [3.05, 3.63) is 29.8 Å². The van der Waals surface area contributed by atoms with Gasteiger partial charge in [-0.2, -0.15) is 13.2 Å². The van der Waals surface area contributed by atoms with Gasteiger partial charge in [-0.25, -0.2) is 0 Å². The minimum absolute atomic E-state index is 0.0794. The van der Waals surface area contributed by atoms with E-state index in [4.69, 9.17) is 9.47 Å². The van der Waals surface area contributed by atoms with Gasteiger partial charge in [-0.15, -0.1) is 0 Å². The summed E-state index contributed by atoms with van der Waals surface area (Å²) < 4.78 is 47.7. The lowest BCUT2D eigenvalue weighted by Crippen LogP contribution is -2.31. The summed E-state index contributed by atoms with van der Waals surface area (Å²) >= 11 is 0. The minimum Gasteiger partial charge on any atom is -0.491 e. The van der Waals surface area contributed by atoms with Crippen molar-refractivity contribution >= 4 is 0 Å².